The van der Waals surface area contributed by atoms with Crippen LogP contribution in [0.2, 0.25) is 0 Å². The van der Waals surface area contributed by atoms with Gasteiger partial charge in [0.1, 0.15) is 5.75 Å². The van der Waals surface area contributed by atoms with Crippen molar-refractivity contribution >= 4 is 11.9 Å². The van der Waals surface area contributed by atoms with Gasteiger partial charge >= 0.3 is 5.97 Å². The molecule has 1 aliphatic heterocycles. The summed E-state index contributed by atoms with van der Waals surface area (Å²) in [6.45, 7) is 3.49. The molecule has 0 unspecified atom stereocenters. The summed E-state index contributed by atoms with van der Waals surface area (Å²) in [7, 11) is 1.59. The number of carbonyl (C=O) groups is 2. The van der Waals surface area contributed by atoms with Crippen LogP contribution in [0.4, 0.5) is 0 Å². The maximum atomic E-state index is 12.6. The van der Waals surface area contributed by atoms with Crippen molar-refractivity contribution in [1.82, 2.24) is 9.80 Å². The normalized spacial score (nSPS) is 14.9. The second-order valence-corrected chi connectivity index (χ2v) is 6.31. The van der Waals surface area contributed by atoms with E-state index in [-0.39, 0.29) is 5.91 Å². The second kappa shape index (κ2) is 8.01. The molecule has 1 aliphatic rings. The highest BCUT2D eigenvalue weighted by molar-refractivity contribution is 5.94. The van der Waals surface area contributed by atoms with Gasteiger partial charge in [0.05, 0.1) is 12.7 Å². The van der Waals surface area contributed by atoms with Gasteiger partial charge in [-0.25, -0.2) is 4.79 Å². The third-order valence-corrected chi connectivity index (χ3v) is 4.56. The van der Waals surface area contributed by atoms with E-state index in [0.717, 1.165) is 18.7 Å². The number of aromatic carboxylic acids is 1. The SMILES string of the molecule is COc1cccc(C(=O)N2CCN(Cc3cccc(C(=O)O)c3)CC2)c1. The van der Waals surface area contributed by atoms with E-state index in [0.29, 0.717) is 36.5 Å². The van der Waals surface area contributed by atoms with Crippen molar-refractivity contribution in [1.29, 1.82) is 0 Å². The van der Waals surface area contributed by atoms with Crippen LogP contribution in [0.25, 0.3) is 0 Å². The molecule has 0 aromatic heterocycles. The number of methoxy groups -OCH3 is 1. The van der Waals surface area contributed by atoms with Gasteiger partial charge in [-0.3, -0.25) is 9.69 Å². The Morgan fingerprint density at radius 1 is 1.00 bits per heavy atom. The number of carbonyl (C=O) groups excluding carboxylic acids is 1. The highest BCUT2D eigenvalue weighted by Gasteiger charge is 2.22. The van der Waals surface area contributed by atoms with Gasteiger partial charge in [0.15, 0.2) is 0 Å². The monoisotopic (exact) mass is 354 g/mol. The number of amides is 1. The lowest BCUT2D eigenvalue weighted by atomic mass is 10.1. The zero-order valence-electron chi connectivity index (χ0n) is 14.7. The molecule has 0 bridgehead atoms. The number of carboxylic acid groups (broad SMARTS) is 1. The Morgan fingerprint density at radius 3 is 2.38 bits per heavy atom. The van der Waals surface area contributed by atoms with Crippen molar-refractivity contribution in [3.05, 3.63) is 65.2 Å². The van der Waals surface area contributed by atoms with Gasteiger partial charge in [0.2, 0.25) is 0 Å². The molecule has 0 atom stereocenters. The molecule has 1 amide bonds. The minimum absolute atomic E-state index is 0.0106. The fourth-order valence-electron chi connectivity index (χ4n) is 3.11. The van der Waals surface area contributed by atoms with Crippen LogP contribution in [0.3, 0.4) is 0 Å². The molecular formula is C20H22N2O4. The number of hydrogen-bond donors (Lipinski definition) is 1. The van der Waals surface area contributed by atoms with E-state index < -0.39 is 5.97 Å². The molecule has 1 saturated heterocycles. The molecule has 6 heteroatoms. The summed E-state index contributed by atoms with van der Waals surface area (Å²) in [6, 6.07) is 14.2. The number of piperazine rings is 1. The molecule has 1 heterocycles. The molecule has 0 radical (unpaired) electrons. The summed E-state index contributed by atoms with van der Waals surface area (Å²) in [5.41, 5.74) is 1.90. The zero-order chi connectivity index (χ0) is 18.5. The fraction of sp³-hybridized carbons (Fsp3) is 0.300. The topological polar surface area (TPSA) is 70.1 Å². The largest absolute Gasteiger partial charge is 0.497 e. The van der Waals surface area contributed by atoms with Crippen LogP contribution < -0.4 is 4.74 Å². The van der Waals surface area contributed by atoms with Crippen LogP contribution in [0.15, 0.2) is 48.5 Å². The smallest absolute Gasteiger partial charge is 0.335 e. The molecule has 26 heavy (non-hydrogen) atoms. The Labute approximate surface area is 152 Å². The number of rotatable bonds is 5. The lowest BCUT2D eigenvalue weighted by Crippen LogP contribution is -2.48. The first kappa shape index (κ1) is 17.9. The first-order valence-electron chi connectivity index (χ1n) is 8.55. The minimum Gasteiger partial charge on any atom is -0.497 e. The first-order valence-corrected chi connectivity index (χ1v) is 8.55. The van der Waals surface area contributed by atoms with E-state index in [1.807, 2.05) is 23.1 Å². The third kappa shape index (κ3) is 4.21. The van der Waals surface area contributed by atoms with Crippen molar-refractivity contribution in [2.75, 3.05) is 33.3 Å². The van der Waals surface area contributed by atoms with E-state index in [1.54, 1.807) is 37.4 Å². The molecule has 3 rings (SSSR count). The van der Waals surface area contributed by atoms with E-state index in [2.05, 4.69) is 4.90 Å². The number of carboxylic acids is 1. The Hall–Kier alpha value is -2.86. The fourth-order valence-corrected chi connectivity index (χ4v) is 3.11. The van der Waals surface area contributed by atoms with E-state index >= 15 is 0 Å². The standard InChI is InChI=1S/C20H22N2O4/c1-26-18-7-3-5-16(13-18)19(23)22-10-8-21(9-11-22)14-15-4-2-6-17(12-15)20(24)25/h2-7,12-13H,8-11,14H2,1H3,(H,24,25). The maximum Gasteiger partial charge on any atom is 0.335 e. The highest BCUT2D eigenvalue weighted by Crippen LogP contribution is 2.16. The molecule has 0 aliphatic carbocycles. The summed E-state index contributed by atoms with van der Waals surface area (Å²) in [5, 5.41) is 9.09. The summed E-state index contributed by atoms with van der Waals surface area (Å²) in [5.74, 6) is -0.232. The van der Waals surface area contributed by atoms with Crippen LogP contribution in [-0.4, -0.2) is 60.1 Å². The highest BCUT2D eigenvalue weighted by atomic mass is 16.5. The predicted molar refractivity (Wildman–Crippen MR) is 97.6 cm³/mol. The molecule has 2 aromatic rings. The van der Waals surface area contributed by atoms with Gasteiger partial charge < -0.3 is 14.7 Å². The lowest BCUT2D eigenvalue weighted by molar-refractivity contribution is 0.0625. The van der Waals surface area contributed by atoms with Crippen molar-refractivity contribution in [3.63, 3.8) is 0 Å². The van der Waals surface area contributed by atoms with Crippen molar-refractivity contribution in [2.45, 2.75) is 6.54 Å². The van der Waals surface area contributed by atoms with E-state index in [9.17, 15) is 9.59 Å². The summed E-state index contributed by atoms with van der Waals surface area (Å²) in [6.07, 6.45) is 0. The third-order valence-electron chi connectivity index (χ3n) is 4.56. The lowest BCUT2D eigenvalue weighted by Gasteiger charge is -2.34. The second-order valence-electron chi connectivity index (χ2n) is 6.31. The average molecular weight is 354 g/mol. The van der Waals surface area contributed by atoms with Gasteiger partial charge in [0, 0.05) is 38.3 Å². The molecule has 1 fully saturated rings. The van der Waals surface area contributed by atoms with Crippen molar-refractivity contribution in [2.24, 2.45) is 0 Å². The first-order chi connectivity index (χ1) is 12.6. The van der Waals surface area contributed by atoms with Gasteiger partial charge in [-0.15, -0.1) is 0 Å². The average Bonchev–Trinajstić information content (AvgIpc) is 2.68. The molecule has 136 valence electrons. The van der Waals surface area contributed by atoms with Gasteiger partial charge in [-0.1, -0.05) is 18.2 Å². The zero-order valence-corrected chi connectivity index (χ0v) is 14.7. The Balaban J connectivity index is 1.58. The molecular weight excluding hydrogens is 332 g/mol. The number of hydrogen-bond acceptors (Lipinski definition) is 4. The number of ether oxygens (including phenoxy) is 1. The Bertz CT molecular complexity index is 798. The van der Waals surface area contributed by atoms with Crippen LogP contribution in [-0.2, 0) is 6.54 Å². The Morgan fingerprint density at radius 2 is 1.69 bits per heavy atom. The van der Waals surface area contributed by atoms with Crippen LogP contribution in [0.1, 0.15) is 26.3 Å². The van der Waals surface area contributed by atoms with Gasteiger partial charge in [0.25, 0.3) is 5.91 Å². The van der Waals surface area contributed by atoms with Crippen molar-refractivity contribution < 1.29 is 19.4 Å². The predicted octanol–water partition coefficient (Wildman–Crippen LogP) is 2.35. The van der Waals surface area contributed by atoms with Gasteiger partial charge in [-0.2, -0.15) is 0 Å². The quantitative estimate of drug-likeness (QED) is 0.893. The van der Waals surface area contributed by atoms with Crippen LogP contribution in [0.5, 0.6) is 5.75 Å². The molecule has 0 spiro atoms. The van der Waals surface area contributed by atoms with Crippen LogP contribution >= 0.6 is 0 Å². The van der Waals surface area contributed by atoms with Gasteiger partial charge in [-0.05, 0) is 35.9 Å². The molecule has 1 N–H and O–H groups in total. The Kier molecular flexibility index (Phi) is 5.53. The number of nitrogens with zero attached hydrogens (tertiary/aromatic N) is 2. The molecule has 2 aromatic carbocycles. The van der Waals surface area contributed by atoms with E-state index in [1.165, 1.54) is 0 Å². The van der Waals surface area contributed by atoms with Crippen molar-refractivity contribution in [3.8, 4) is 5.75 Å². The molecule has 0 saturated carbocycles. The summed E-state index contributed by atoms with van der Waals surface area (Å²) >= 11 is 0. The van der Waals surface area contributed by atoms with E-state index in [4.69, 9.17) is 9.84 Å². The number of benzene rings is 2. The minimum atomic E-state index is -0.916. The maximum absolute atomic E-state index is 12.6. The van der Waals surface area contributed by atoms with Crippen LogP contribution in [0, 0.1) is 0 Å². The summed E-state index contributed by atoms with van der Waals surface area (Å²) in [4.78, 5) is 27.8. The molecule has 6 nitrogen and oxygen atoms in total. The summed E-state index contributed by atoms with van der Waals surface area (Å²) < 4.78 is 5.18.